The van der Waals surface area contributed by atoms with Crippen molar-refractivity contribution in [3.05, 3.63) is 22.3 Å². The highest BCUT2D eigenvalue weighted by molar-refractivity contribution is 8.00. The summed E-state index contributed by atoms with van der Waals surface area (Å²) in [6.07, 6.45) is -0.380. The molecule has 2 aliphatic rings. The van der Waals surface area contributed by atoms with E-state index >= 15 is 0 Å². The predicted octanol–water partition coefficient (Wildman–Crippen LogP) is -0.665. The standard InChI is InChI=1S/C14H15N5O6S2/c1-4-5-2-26-11(18-7(5)13(23)25-4)9(12(21)22)17-10(20)8(19-24)6-3-27-14(15)16-6/h3-4,9,11,18,24H,2H2,1H3,(H2,15,16)(H,17,20)(H,21,22)/b19-8+/t4?,9?,11-/m1/s1. The summed E-state index contributed by atoms with van der Waals surface area (Å²) in [7, 11) is 0. The number of nitrogens with one attached hydrogen (secondary N) is 2. The Labute approximate surface area is 160 Å². The van der Waals surface area contributed by atoms with E-state index in [1.165, 1.54) is 17.1 Å². The number of hydrogen-bond donors (Lipinski definition) is 5. The Morgan fingerprint density at radius 2 is 2.30 bits per heavy atom. The summed E-state index contributed by atoms with van der Waals surface area (Å²) in [4.78, 5) is 39.8. The molecule has 1 aromatic rings. The van der Waals surface area contributed by atoms with Gasteiger partial charge in [-0.05, 0) is 6.92 Å². The zero-order valence-corrected chi connectivity index (χ0v) is 15.5. The van der Waals surface area contributed by atoms with Gasteiger partial charge in [0, 0.05) is 16.7 Å². The first kappa shape index (κ1) is 19.0. The third-order valence-corrected chi connectivity index (χ3v) is 5.84. The molecule has 0 saturated heterocycles. The van der Waals surface area contributed by atoms with Crippen LogP contribution in [0.4, 0.5) is 5.13 Å². The molecule has 2 aliphatic heterocycles. The Hall–Kier alpha value is -2.80. The number of aromatic nitrogens is 1. The van der Waals surface area contributed by atoms with Crippen LogP contribution in [-0.2, 0) is 19.1 Å². The lowest BCUT2D eigenvalue weighted by atomic mass is 10.1. The van der Waals surface area contributed by atoms with Crippen LogP contribution in [-0.4, -0.2) is 62.1 Å². The summed E-state index contributed by atoms with van der Waals surface area (Å²) < 4.78 is 5.10. The number of hydrogen-bond acceptors (Lipinski definition) is 11. The van der Waals surface area contributed by atoms with Crippen molar-refractivity contribution in [2.45, 2.75) is 24.4 Å². The van der Waals surface area contributed by atoms with Gasteiger partial charge in [0.2, 0.25) is 0 Å². The van der Waals surface area contributed by atoms with Gasteiger partial charge in [0.25, 0.3) is 5.91 Å². The minimum absolute atomic E-state index is 0.0177. The molecule has 3 atom stereocenters. The molecule has 2 unspecified atom stereocenters. The summed E-state index contributed by atoms with van der Waals surface area (Å²) in [6, 6.07) is -1.41. The number of amides is 1. The van der Waals surface area contributed by atoms with Crippen LogP contribution in [0.5, 0.6) is 0 Å². The second kappa shape index (κ2) is 7.44. The van der Waals surface area contributed by atoms with Crippen LogP contribution in [0, 0.1) is 0 Å². The Morgan fingerprint density at radius 3 is 2.89 bits per heavy atom. The average molecular weight is 413 g/mol. The first-order chi connectivity index (χ1) is 12.8. The van der Waals surface area contributed by atoms with Gasteiger partial charge in [0.1, 0.15) is 22.9 Å². The predicted molar refractivity (Wildman–Crippen MR) is 96.4 cm³/mol. The first-order valence-corrected chi connectivity index (χ1v) is 9.54. The molecule has 13 heteroatoms. The number of nitrogens with two attached hydrogens (primary N) is 1. The number of ether oxygens (including phenoxy) is 1. The van der Waals surface area contributed by atoms with E-state index in [-0.39, 0.29) is 22.6 Å². The molecule has 0 radical (unpaired) electrons. The topological polar surface area (TPSA) is 176 Å². The molecule has 0 fully saturated rings. The minimum Gasteiger partial charge on any atom is -0.480 e. The molecule has 3 rings (SSSR count). The van der Waals surface area contributed by atoms with E-state index < -0.39 is 35.0 Å². The lowest BCUT2D eigenvalue weighted by Crippen LogP contribution is -2.55. The van der Waals surface area contributed by atoms with Crippen molar-refractivity contribution in [3.8, 4) is 0 Å². The molecule has 27 heavy (non-hydrogen) atoms. The second-order valence-corrected chi connectivity index (χ2v) is 7.65. The monoisotopic (exact) mass is 413 g/mol. The van der Waals surface area contributed by atoms with Gasteiger partial charge in [-0.25, -0.2) is 14.6 Å². The van der Waals surface area contributed by atoms with Crippen LogP contribution in [0.15, 0.2) is 21.8 Å². The highest BCUT2D eigenvalue weighted by Gasteiger charge is 2.41. The van der Waals surface area contributed by atoms with E-state index in [2.05, 4.69) is 20.8 Å². The molecule has 1 aromatic heterocycles. The molecule has 11 nitrogen and oxygen atoms in total. The normalized spacial score (nSPS) is 23.3. The van der Waals surface area contributed by atoms with E-state index in [1.54, 1.807) is 6.92 Å². The summed E-state index contributed by atoms with van der Waals surface area (Å²) in [6.45, 7) is 1.73. The molecule has 0 saturated carbocycles. The van der Waals surface area contributed by atoms with E-state index in [0.29, 0.717) is 5.75 Å². The third-order valence-electron chi connectivity index (χ3n) is 3.94. The number of thioether (sulfide) groups is 1. The Balaban J connectivity index is 1.77. The lowest BCUT2D eigenvalue weighted by molar-refractivity contribution is -0.142. The van der Waals surface area contributed by atoms with Crippen molar-refractivity contribution < 1.29 is 29.4 Å². The van der Waals surface area contributed by atoms with Crippen molar-refractivity contribution in [1.29, 1.82) is 0 Å². The molecule has 0 aromatic carbocycles. The first-order valence-electron chi connectivity index (χ1n) is 7.61. The second-order valence-electron chi connectivity index (χ2n) is 5.63. The number of thiazole rings is 1. The maximum Gasteiger partial charge on any atom is 0.355 e. The van der Waals surface area contributed by atoms with Gasteiger partial charge in [-0.2, -0.15) is 0 Å². The van der Waals surface area contributed by atoms with E-state index in [9.17, 15) is 19.5 Å². The van der Waals surface area contributed by atoms with Gasteiger partial charge >= 0.3 is 11.9 Å². The number of anilines is 1. The number of oxime groups is 1. The number of nitrogens with zero attached hydrogens (tertiary/aromatic N) is 2. The summed E-state index contributed by atoms with van der Waals surface area (Å²) in [5, 5.41) is 27.4. The third kappa shape index (κ3) is 3.68. The van der Waals surface area contributed by atoms with Crippen LogP contribution < -0.4 is 16.4 Å². The fraction of sp³-hybridized carbons (Fsp3) is 0.357. The molecule has 0 aliphatic carbocycles. The molecule has 0 spiro atoms. The zero-order chi connectivity index (χ0) is 19.7. The number of carboxylic acids is 1. The summed E-state index contributed by atoms with van der Waals surface area (Å²) in [5.74, 6) is -2.45. The number of cyclic esters (lactones) is 1. The average Bonchev–Trinajstić information content (AvgIpc) is 3.16. The number of esters is 1. The summed E-state index contributed by atoms with van der Waals surface area (Å²) >= 11 is 2.24. The smallest absolute Gasteiger partial charge is 0.355 e. The molecule has 1 amide bonds. The fourth-order valence-corrected chi connectivity index (χ4v) is 4.46. The summed E-state index contributed by atoms with van der Waals surface area (Å²) in [5.41, 5.74) is 6.00. The van der Waals surface area contributed by atoms with Gasteiger partial charge in [0.05, 0.1) is 0 Å². The lowest BCUT2D eigenvalue weighted by Gasteiger charge is -2.29. The number of carboxylic acid groups (broad SMARTS) is 1. The van der Waals surface area contributed by atoms with E-state index in [1.807, 2.05) is 0 Å². The van der Waals surface area contributed by atoms with Crippen LogP contribution in [0.1, 0.15) is 12.6 Å². The maximum absolute atomic E-state index is 12.4. The van der Waals surface area contributed by atoms with Crippen LogP contribution in [0.3, 0.4) is 0 Å². The number of rotatable bonds is 5. The van der Waals surface area contributed by atoms with Crippen LogP contribution >= 0.6 is 23.1 Å². The Bertz CT molecular complexity index is 866. The quantitative estimate of drug-likeness (QED) is 0.180. The number of aliphatic carboxylic acids is 1. The maximum atomic E-state index is 12.4. The van der Waals surface area contributed by atoms with Gasteiger partial charge in [0.15, 0.2) is 16.9 Å². The number of carbonyl (C=O) groups excluding carboxylic acids is 2. The van der Waals surface area contributed by atoms with Gasteiger partial charge in [-0.3, -0.25) is 4.79 Å². The highest BCUT2D eigenvalue weighted by atomic mass is 32.2. The molecule has 3 heterocycles. The van der Waals surface area contributed by atoms with Crippen molar-refractivity contribution >= 4 is 51.8 Å². The zero-order valence-electron chi connectivity index (χ0n) is 13.8. The van der Waals surface area contributed by atoms with Crippen LogP contribution in [0.25, 0.3) is 0 Å². The molecular formula is C14H15N5O6S2. The SMILES string of the molecule is CC1OC(=O)C2=C1CS[C@H](C(NC(=O)/C(=N/O)c1csc(N)n1)C(=O)O)N2. The molecular weight excluding hydrogens is 398 g/mol. The Morgan fingerprint density at radius 1 is 1.56 bits per heavy atom. The van der Waals surface area contributed by atoms with Crippen molar-refractivity contribution in [3.63, 3.8) is 0 Å². The molecule has 144 valence electrons. The highest BCUT2D eigenvalue weighted by Crippen LogP contribution is 2.32. The van der Waals surface area contributed by atoms with Crippen molar-refractivity contribution in [2.24, 2.45) is 5.16 Å². The minimum atomic E-state index is -1.41. The van der Waals surface area contributed by atoms with Crippen LogP contribution in [0.2, 0.25) is 0 Å². The van der Waals surface area contributed by atoms with Gasteiger partial charge in [-0.1, -0.05) is 5.16 Å². The number of carbonyl (C=O) groups is 3. The Kier molecular flexibility index (Phi) is 5.23. The fourth-order valence-electron chi connectivity index (χ4n) is 2.60. The molecule has 0 bridgehead atoms. The number of nitrogen functional groups attached to an aromatic ring is 1. The van der Waals surface area contributed by atoms with E-state index in [0.717, 1.165) is 16.9 Å². The van der Waals surface area contributed by atoms with Gasteiger partial charge in [-0.15, -0.1) is 23.1 Å². The van der Waals surface area contributed by atoms with Crippen molar-refractivity contribution in [1.82, 2.24) is 15.6 Å². The van der Waals surface area contributed by atoms with E-state index in [4.69, 9.17) is 15.7 Å². The molecule has 6 N–H and O–H groups in total. The largest absolute Gasteiger partial charge is 0.480 e. The van der Waals surface area contributed by atoms with Gasteiger partial charge < -0.3 is 31.4 Å². The van der Waals surface area contributed by atoms with Crippen molar-refractivity contribution in [2.75, 3.05) is 11.5 Å².